The largest absolute Gasteiger partial charge is 0.448 e. The summed E-state index contributed by atoms with van der Waals surface area (Å²) in [5, 5.41) is 15.4. The summed E-state index contributed by atoms with van der Waals surface area (Å²) in [5.74, 6) is 0.593. The number of hydrogen-bond donors (Lipinski definition) is 0. The van der Waals surface area contributed by atoms with Crippen molar-refractivity contribution < 1.29 is 19.1 Å². The highest BCUT2D eigenvalue weighted by atomic mass is 32.5. The Morgan fingerprint density at radius 1 is 1.22 bits per heavy atom. The van der Waals surface area contributed by atoms with Gasteiger partial charge >= 0.3 is 6.09 Å². The van der Waals surface area contributed by atoms with Crippen LogP contribution in [-0.4, -0.2) is 39.8 Å². The van der Waals surface area contributed by atoms with Crippen LogP contribution in [0.4, 0.5) is 16.2 Å². The molecule has 0 spiro atoms. The number of oxime groups is 1. The highest BCUT2D eigenvalue weighted by Crippen LogP contribution is 2.57. The Kier molecular flexibility index (Phi) is 9.83. The Hall–Kier alpha value is -2.27. The first-order chi connectivity index (χ1) is 15.2. The standard InChI is InChI=1S/C19H23N4O5PS3/c1-5-29(30,28-18-9-7-6-8-10-18)23(17-13-11-16(12-14-17)22(25)26)32-21(3)19(24)27-20-15(2)31-4/h6-14H,5H2,1-4H3. The predicted octanol–water partition coefficient (Wildman–Crippen LogP) is 6.14. The summed E-state index contributed by atoms with van der Waals surface area (Å²) in [7, 11) is 1.52. The van der Waals surface area contributed by atoms with Crippen molar-refractivity contribution in [3.05, 3.63) is 64.7 Å². The maximum Gasteiger partial charge on any atom is 0.447 e. The number of para-hydroxylation sites is 1. The maximum atomic E-state index is 12.4. The maximum absolute atomic E-state index is 12.4. The zero-order valence-electron chi connectivity index (χ0n) is 17.9. The Morgan fingerprint density at radius 3 is 2.38 bits per heavy atom. The van der Waals surface area contributed by atoms with Crippen molar-refractivity contribution in [2.24, 2.45) is 5.16 Å². The van der Waals surface area contributed by atoms with Gasteiger partial charge in [0.05, 0.1) is 22.7 Å². The SMILES string of the molecule is CCP(=S)(Oc1ccccc1)N(SN(C)C(=O)ON=C(C)SC)c1ccc([N+](=O)[O-])cc1. The molecule has 13 heteroatoms. The molecule has 1 unspecified atom stereocenters. The topological polar surface area (TPSA) is 97.5 Å². The fraction of sp³-hybridized carbons (Fsp3) is 0.263. The number of nitro benzene ring substituents is 1. The number of non-ortho nitro benzene ring substituents is 1. The summed E-state index contributed by atoms with van der Waals surface area (Å²) in [6.45, 7) is 3.62. The first-order valence-corrected chi connectivity index (χ1v) is 14.1. The van der Waals surface area contributed by atoms with E-state index in [1.165, 1.54) is 35.2 Å². The van der Waals surface area contributed by atoms with Crippen molar-refractivity contribution in [2.75, 3.05) is 23.5 Å². The molecular weight excluding hydrogens is 491 g/mol. The Balaban J connectivity index is 2.38. The number of thioether (sulfide) groups is 1. The number of hydrogen-bond acceptors (Lipinski definition) is 9. The van der Waals surface area contributed by atoms with E-state index < -0.39 is 17.4 Å². The van der Waals surface area contributed by atoms with Crippen LogP contribution in [0.2, 0.25) is 0 Å². The number of anilines is 1. The van der Waals surface area contributed by atoms with Gasteiger partial charge in [0.15, 0.2) is 0 Å². The van der Waals surface area contributed by atoms with Crippen LogP contribution in [0.15, 0.2) is 59.8 Å². The number of carbonyl (C=O) groups is 1. The van der Waals surface area contributed by atoms with Crippen molar-refractivity contribution in [3.8, 4) is 5.75 Å². The van der Waals surface area contributed by atoms with E-state index in [2.05, 4.69) is 5.16 Å². The summed E-state index contributed by atoms with van der Waals surface area (Å²) in [4.78, 5) is 28.0. The van der Waals surface area contributed by atoms with Crippen LogP contribution < -0.4 is 8.60 Å². The lowest BCUT2D eigenvalue weighted by atomic mass is 10.3. The molecule has 0 saturated carbocycles. The minimum atomic E-state index is -2.76. The van der Waals surface area contributed by atoms with Crippen LogP contribution in [0.3, 0.4) is 0 Å². The van der Waals surface area contributed by atoms with Gasteiger partial charge < -0.3 is 4.52 Å². The molecule has 2 rings (SSSR count). The third kappa shape index (κ3) is 7.13. The molecule has 1 amide bonds. The molecule has 0 fully saturated rings. The second-order valence-electron chi connectivity index (χ2n) is 6.16. The van der Waals surface area contributed by atoms with Gasteiger partial charge in [0.1, 0.15) is 10.8 Å². The highest BCUT2D eigenvalue weighted by Gasteiger charge is 2.32. The smallest absolute Gasteiger partial charge is 0.447 e. The van der Waals surface area contributed by atoms with E-state index in [1.807, 2.05) is 31.4 Å². The molecule has 0 N–H and O–H groups in total. The molecular formula is C19H23N4O5PS3. The quantitative estimate of drug-likeness (QED) is 0.0743. The van der Waals surface area contributed by atoms with E-state index in [-0.39, 0.29) is 5.69 Å². The molecule has 9 nitrogen and oxygen atoms in total. The third-order valence-electron chi connectivity index (χ3n) is 3.95. The molecule has 2 aromatic rings. The predicted molar refractivity (Wildman–Crippen MR) is 136 cm³/mol. The van der Waals surface area contributed by atoms with Crippen LogP contribution in [0.25, 0.3) is 0 Å². The van der Waals surface area contributed by atoms with Gasteiger partial charge in [-0.2, -0.15) is 0 Å². The van der Waals surface area contributed by atoms with E-state index in [1.54, 1.807) is 35.3 Å². The molecule has 172 valence electrons. The summed E-state index contributed by atoms with van der Waals surface area (Å²) in [6, 6.07) is 15.0. The van der Waals surface area contributed by atoms with E-state index in [0.29, 0.717) is 22.6 Å². The Bertz CT molecular complexity index is 1010. The molecule has 0 saturated heterocycles. The number of benzene rings is 2. The monoisotopic (exact) mass is 514 g/mol. The summed E-state index contributed by atoms with van der Waals surface area (Å²) >= 11 is 8.30. The van der Waals surface area contributed by atoms with E-state index >= 15 is 0 Å². The van der Waals surface area contributed by atoms with Crippen molar-refractivity contribution in [3.63, 3.8) is 0 Å². The summed E-state index contributed by atoms with van der Waals surface area (Å²) in [5.41, 5.74) is 0.507. The lowest BCUT2D eigenvalue weighted by Crippen LogP contribution is -2.27. The minimum absolute atomic E-state index is 0.0536. The van der Waals surface area contributed by atoms with Gasteiger partial charge in [-0.05, 0) is 49.3 Å². The van der Waals surface area contributed by atoms with Crippen LogP contribution in [-0.2, 0) is 16.6 Å². The van der Waals surface area contributed by atoms with Crippen molar-refractivity contribution >= 4 is 64.6 Å². The second kappa shape index (κ2) is 12.1. The minimum Gasteiger partial charge on any atom is -0.448 e. The van der Waals surface area contributed by atoms with Gasteiger partial charge in [-0.1, -0.05) is 30.3 Å². The molecule has 0 aliphatic rings. The van der Waals surface area contributed by atoms with Crippen molar-refractivity contribution in [1.29, 1.82) is 0 Å². The molecule has 32 heavy (non-hydrogen) atoms. The van der Waals surface area contributed by atoms with Crippen LogP contribution in [0, 0.1) is 10.1 Å². The first kappa shape index (κ1) is 26.0. The first-order valence-electron chi connectivity index (χ1n) is 9.30. The van der Waals surface area contributed by atoms with E-state index in [4.69, 9.17) is 21.2 Å². The van der Waals surface area contributed by atoms with Gasteiger partial charge in [-0.15, -0.1) is 11.8 Å². The molecule has 2 aromatic carbocycles. The Morgan fingerprint density at radius 2 is 1.84 bits per heavy atom. The zero-order chi connectivity index (χ0) is 23.7. The molecule has 0 aliphatic heterocycles. The molecule has 1 atom stereocenters. The van der Waals surface area contributed by atoms with Crippen molar-refractivity contribution in [1.82, 2.24) is 4.31 Å². The lowest BCUT2D eigenvalue weighted by molar-refractivity contribution is -0.384. The fourth-order valence-corrected chi connectivity index (χ4v) is 6.29. The number of nitro groups is 1. The molecule has 0 aromatic heterocycles. The zero-order valence-corrected chi connectivity index (χ0v) is 21.2. The number of nitrogens with zero attached hydrogens (tertiary/aromatic N) is 4. The summed E-state index contributed by atoms with van der Waals surface area (Å²) < 4.78 is 9.17. The molecule has 0 radical (unpaired) electrons. The van der Waals surface area contributed by atoms with Gasteiger partial charge in [0, 0.05) is 25.3 Å². The van der Waals surface area contributed by atoms with Gasteiger partial charge in [0.2, 0.25) is 6.42 Å². The normalized spacial score (nSPS) is 13.1. The average Bonchev–Trinajstić information content (AvgIpc) is 2.81. The molecule has 0 aliphatic carbocycles. The third-order valence-corrected chi connectivity index (χ3v) is 10.3. The van der Waals surface area contributed by atoms with Crippen LogP contribution in [0.5, 0.6) is 5.75 Å². The van der Waals surface area contributed by atoms with E-state index in [0.717, 1.165) is 12.1 Å². The summed E-state index contributed by atoms with van der Waals surface area (Å²) in [6.07, 6.45) is -1.18. The number of rotatable bonds is 9. The fourth-order valence-electron chi connectivity index (χ4n) is 2.20. The van der Waals surface area contributed by atoms with Gasteiger partial charge in [-0.25, -0.2) is 13.2 Å². The van der Waals surface area contributed by atoms with Crippen LogP contribution >= 0.6 is 30.3 Å². The lowest BCUT2D eigenvalue weighted by Gasteiger charge is -2.35. The number of amides is 1. The van der Waals surface area contributed by atoms with E-state index in [9.17, 15) is 14.9 Å². The van der Waals surface area contributed by atoms with Crippen molar-refractivity contribution in [2.45, 2.75) is 13.8 Å². The highest BCUT2D eigenvalue weighted by molar-refractivity contribution is 8.21. The Labute approximate surface area is 200 Å². The molecule has 0 bridgehead atoms. The van der Waals surface area contributed by atoms with Gasteiger partial charge in [0.25, 0.3) is 5.69 Å². The average molecular weight is 515 g/mol. The number of carbonyl (C=O) groups excluding carboxylic acids is 1. The van der Waals surface area contributed by atoms with Crippen LogP contribution in [0.1, 0.15) is 13.8 Å². The second-order valence-corrected chi connectivity index (χ2v) is 12.7. The molecule has 0 heterocycles. The van der Waals surface area contributed by atoms with Gasteiger partial charge in [-0.3, -0.25) is 15.0 Å².